The zero-order chi connectivity index (χ0) is 14.3. The van der Waals surface area contributed by atoms with Crippen LogP contribution >= 0.6 is 23.4 Å². The Kier molecular flexibility index (Phi) is 7.04. The lowest BCUT2D eigenvalue weighted by atomic mass is 10.2. The Balaban J connectivity index is 2.45. The fraction of sp³-hybridized carbons (Fsp3) is 0.538. The summed E-state index contributed by atoms with van der Waals surface area (Å²) in [6.45, 7) is 2.56. The van der Waals surface area contributed by atoms with E-state index in [-0.39, 0.29) is 12.5 Å². The molecule has 108 valence electrons. The van der Waals surface area contributed by atoms with Gasteiger partial charge in [-0.1, -0.05) is 24.6 Å². The van der Waals surface area contributed by atoms with Crippen molar-refractivity contribution in [2.45, 2.75) is 36.9 Å². The highest BCUT2D eigenvalue weighted by molar-refractivity contribution is 7.99. The molecule has 1 nitrogen and oxygen atoms in total. The number of benzene rings is 1. The molecule has 19 heavy (non-hydrogen) atoms. The number of hydrogen-bond acceptors (Lipinski definition) is 2. The fourth-order valence-corrected chi connectivity index (χ4v) is 2.94. The zero-order valence-corrected chi connectivity index (χ0v) is 12.2. The van der Waals surface area contributed by atoms with Gasteiger partial charge < -0.3 is 5.32 Å². The second-order valence-corrected chi connectivity index (χ2v) is 5.71. The molecule has 0 amide bonds. The Morgan fingerprint density at radius 1 is 1.37 bits per heavy atom. The van der Waals surface area contributed by atoms with E-state index in [1.807, 2.05) is 25.1 Å². The Labute approximate surface area is 120 Å². The molecule has 1 aromatic rings. The van der Waals surface area contributed by atoms with E-state index >= 15 is 0 Å². The number of rotatable bonds is 7. The smallest absolute Gasteiger partial charge is 0.313 e. The molecule has 0 aliphatic heterocycles. The largest absolute Gasteiger partial charge is 0.389 e. The summed E-state index contributed by atoms with van der Waals surface area (Å²) in [5, 5.41) is 3.73. The van der Waals surface area contributed by atoms with E-state index in [0.29, 0.717) is 17.3 Å². The highest BCUT2D eigenvalue weighted by Gasteiger charge is 2.28. The molecule has 0 saturated carbocycles. The molecular weight excluding hydrogens is 295 g/mol. The molecule has 0 aromatic heterocycles. The Hall–Kier alpha value is -0.390. The van der Waals surface area contributed by atoms with Gasteiger partial charge in [-0.25, -0.2) is 0 Å². The van der Waals surface area contributed by atoms with Crippen LogP contribution in [0.5, 0.6) is 0 Å². The molecule has 0 aliphatic rings. The number of halogens is 4. The minimum atomic E-state index is -4.09. The van der Waals surface area contributed by atoms with Crippen molar-refractivity contribution in [3.63, 3.8) is 0 Å². The van der Waals surface area contributed by atoms with Crippen molar-refractivity contribution in [2.75, 3.05) is 12.3 Å². The summed E-state index contributed by atoms with van der Waals surface area (Å²) in [5.74, 6) is 0.601. The summed E-state index contributed by atoms with van der Waals surface area (Å²) >= 11 is 7.38. The topological polar surface area (TPSA) is 12.0 Å². The SMILES string of the molecule is CCNC(CCC(F)(F)F)CSc1cccc(Cl)c1. The lowest BCUT2D eigenvalue weighted by molar-refractivity contribution is -0.136. The maximum Gasteiger partial charge on any atom is 0.389 e. The van der Waals surface area contributed by atoms with Crippen LogP contribution in [0.15, 0.2) is 29.2 Å². The van der Waals surface area contributed by atoms with Crippen LogP contribution in [0.2, 0.25) is 5.02 Å². The average molecular weight is 312 g/mol. The monoisotopic (exact) mass is 311 g/mol. The van der Waals surface area contributed by atoms with E-state index in [9.17, 15) is 13.2 Å². The predicted octanol–water partition coefficient (Wildman–Crippen LogP) is 4.75. The quantitative estimate of drug-likeness (QED) is 0.729. The van der Waals surface area contributed by atoms with Crippen molar-refractivity contribution in [1.29, 1.82) is 0 Å². The maximum absolute atomic E-state index is 12.2. The second kappa shape index (κ2) is 8.02. The van der Waals surface area contributed by atoms with Crippen molar-refractivity contribution in [3.8, 4) is 0 Å². The summed E-state index contributed by atoms with van der Waals surface area (Å²) in [6, 6.07) is 7.19. The normalized spacial score (nSPS) is 13.5. The summed E-state index contributed by atoms with van der Waals surface area (Å²) in [7, 11) is 0. The first-order valence-corrected chi connectivity index (χ1v) is 7.45. The van der Waals surface area contributed by atoms with Crippen LogP contribution in [0.1, 0.15) is 19.8 Å². The first-order valence-electron chi connectivity index (χ1n) is 6.09. The van der Waals surface area contributed by atoms with Crippen LogP contribution in [0.3, 0.4) is 0 Å². The lowest BCUT2D eigenvalue weighted by Crippen LogP contribution is -2.32. The molecule has 6 heteroatoms. The van der Waals surface area contributed by atoms with Crippen LogP contribution in [-0.2, 0) is 0 Å². The minimum absolute atomic E-state index is 0.102. The van der Waals surface area contributed by atoms with Crippen molar-refractivity contribution in [1.82, 2.24) is 5.32 Å². The molecule has 0 heterocycles. The van der Waals surface area contributed by atoms with Crippen molar-refractivity contribution in [2.24, 2.45) is 0 Å². The maximum atomic E-state index is 12.2. The third-order valence-corrected chi connectivity index (χ3v) is 3.91. The van der Waals surface area contributed by atoms with E-state index in [0.717, 1.165) is 4.90 Å². The van der Waals surface area contributed by atoms with E-state index in [2.05, 4.69) is 5.32 Å². The van der Waals surface area contributed by atoms with Crippen LogP contribution in [0.4, 0.5) is 13.2 Å². The van der Waals surface area contributed by atoms with Gasteiger partial charge in [0.1, 0.15) is 0 Å². The number of alkyl halides is 3. The van der Waals surface area contributed by atoms with Gasteiger partial charge >= 0.3 is 6.18 Å². The van der Waals surface area contributed by atoms with Crippen LogP contribution in [0.25, 0.3) is 0 Å². The van der Waals surface area contributed by atoms with Gasteiger partial charge in [-0.2, -0.15) is 13.2 Å². The Bertz CT molecular complexity index is 384. The molecule has 0 aliphatic carbocycles. The molecule has 0 fully saturated rings. The summed E-state index contributed by atoms with van der Waals surface area (Å²) in [5.41, 5.74) is 0. The number of hydrogen-bond donors (Lipinski definition) is 1. The molecule has 1 atom stereocenters. The number of nitrogens with one attached hydrogen (secondary N) is 1. The van der Waals surface area contributed by atoms with Gasteiger partial charge in [0.25, 0.3) is 0 Å². The Morgan fingerprint density at radius 3 is 2.68 bits per heavy atom. The molecule has 1 aromatic carbocycles. The summed E-state index contributed by atoms with van der Waals surface area (Å²) < 4.78 is 36.7. The van der Waals surface area contributed by atoms with Crippen molar-refractivity contribution >= 4 is 23.4 Å². The van der Waals surface area contributed by atoms with E-state index in [4.69, 9.17) is 11.6 Å². The third kappa shape index (κ3) is 7.70. The van der Waals surface area contributed by atoms with Crippen LogP contribution in [0, 0.1) is 0 Å². The second-order valence-electron chi connectivity index (χ2n) is 4.18. The molecule has 0 saturated heterocycles. The summed E-state index contributed by atoms with van der Waals surface area (Å²) in [6.07, 6.45) is -4.74. The van der Waals surface area contributed by atoms with E-state index in [1.165, 1.54) is 11.8 Å². The van der Waals surface area contributed by atoms with Crippen molar-refractivity contribution < 1.29 is 13.2 Å². The highest BCUT2D eigenvalue weighted by atomic mass is 35.5. The predicted molar refractivity (Wildman–Crippen MR) is 74.9 cm³/mol. The number of thioether (sulfide) groups is 1. The molecule has 1 N–H and O–H groups in total. The highest BCUT2D eigenvalue weighted by Crippen LogP contribution is 2.26. The third-order valence-electron chi connectivity index (χ3n) is 2.52. The molecule has 0 spiro atoms. The van der Waals surface area contributed by atoms with E-state index < -0.39 is 12.6 Å². The molecule has 1 rings (SSSR count). The van der Waals surface area contributed by atoms with Crippen LogP contribution < -0.4 is 5.32 Å². The average Bonchev–Trinajstić information content (AvgIpc) is 2.32. The first kappa shape index (κ1) is 16.7. The van der Waals surface area contributed by atoms with Crippen molar-refractivity contribution in [3.05, 3.63) is 29.3 Å². The van der Waals surface area contributed by atoms with Gasteiger partial charge in [0.15, 0.2) is 0 Å². The van der Waals surface area contributed by atoms with Gasteiger partial charge in [0.05, 0.1) is 0 Å². The summed E-state index contributed by atoms with van der Waals surface area (Å²) in [4.78, 5) is 0.974. The Morgan fingerprint density at radius 2 is 2.11 bits per heavy atom. The van der Waals surface area contributed by atoms with Gasteiger partial charge in [0.2, 0.25) is 0 Å². The lowest BCUT2D eigenvalue weighted by Gasteiger charge is -2.18. The van der Waals surface area contributed by atoms with Crippen LogP contribution in [-0.4, -0.2) is 24.5 Å². The molecule has 1 unspecified atom stereocenters. The minimum Gasteiger partial charge on any atom is -0.313 e. The fourth-order valence-electron chi connectivity index (χ4n) is 1.62. The van der Waals surface area contributed by atoms with Gasteiger partial charge in [-0.05, 0) is 31.2 Å². The standard InChI is InChI=1S/C13H17ClF3NS/c1-2-18-11(6-7-13(15,16)17)9-19-12-5-3-4-10(14)8-12/h3-5,8,11,18H,2,6-7,9H2,1H3. The first-order chi connectivity index (χ1) is 8.90. The molecule has 0 bridgehead atoms. The van der Waals surface area contributed by atoms with E-state index in [1.54, 1.807) is 6.07 Å². The molecular formula is C13H17ClF3NS. The van der Waals surface area contributed by atoms with Gasteiger partial charge in [-0.3, -0.25) is 0 Å². The van der Waals surface area contributed by atoms with Gasteiger partial charge in [-0.15, -0.1) is 11.8 Å². The molecule has 0 radical (unpaired) electrons. The zero-order valence-electron chi connectivity index (χ0n) is 10.6. The van der Waals surface area contributed by atoms with Gasteiger partial charge in [0, 0.05) is 28.1 Å².